The van der Waals surface area contributed by atoms with E-state index in [9.17, 15) is 18.0 Å². The first kappa shape index (κ1) is 15.4. The fourth-order valence-corrected chi connectivity index (χ4v) is 4.14. The van der Waals surface area contributed by atoms with Gasteiger partial charge in [0.15, 0.2) is 9.84 Å². The molecule has 7 nitrogen and oxygen atoms in total. The van der Waals surface area contributed by atoms with Crippen LogP contribution in [0.1, 0.15) is 34.3 Å². The van der Waals surface area contributed by atoms with Crippen molar-refractivity contribution in [1.82, 2.24) is 9.88 Å². The molecule has 0 radical (unpaired) electrons. The fraction of sp³-hybridized carbons (Fsp3) is 0.462. The number of nitrogens with zero attached hydrogens (tertiary/aromatic N) is 2. The molecule has 1 N–H and O–H groups in total. The van der Waals surface area contributed by atoms with E-state index in [4.69, 9.17) is 5.11 Å². The molecule has 0 aromatic carbocycles. The number of carbonyl (C=O) groups excluding carboxylic acids is 1. The molecule has 1 unspecified atom stereocenters. The Bertz CT molecular complexity index is 671. The molecular weight excluding hydrogens is 296 g/mol. The van der Waals surface area contributed by atoms with Crippen molar-refractivity contribution in [2.24, 2.45) is 0 Å². The SMILES string of the molecule is CCN(C(=O)c1cccc(C(=O)O)n1)C1CCS(=O)(=O)C1. The minimum absolute atomic E-state index is 0.0149. The van der Waals surface area contributed by atoms with E-state index in [1.165, 1.54) is 23.1 Å². The van der Waals surface area contributed by atoms with Gasteiger partial charge in [-0.3, -0.25) is 4.79 Å². The van der Waals surface area contributed by atoms with Crippen molar-refractivity contribution in [3.63, 3.8) is 0 Å². The molecule has 0 saturated carbocycles. The summed E-state index contributed by atoms with van der Waals surface area (Å²) in [5.74, 6) is -1.63. The molecule has 8 heteroatoms. The minimum atomic E-state index is -3.10. The largest absolute Gasteiger partial charge is 0.477 e. The van der Waals surface area contributed by atoms with Gasteiger partial charge in [-0.15, -0.1) is 0 Å². The molecule has 1 aliphatic rings. The van der Waals surface area contributed by atoms with Crippen LogP contribution in [-0.4, -0.2) is 59.4 Å². The number of carboxylic acid groups (broad SMARTS) is 1. The van der Waals surface area contributed by atoms with Crippen LogP contribution in [0, 0.1) is 0 Å². The number of aromatic carboxylic acids is 1. The van der Waals surface area contributed by atoms with Crippen molar-refractivity contribution in [2.45, 2.75) is 19.4 Å². The topological polar surface area (TPSA) is 105 Å². The van der Waals surface area contributed by atoms with E-state index in [0.29, 0.717) is 13.0 Å². The Hall–Kier alpha value is -1.96. The predicted octanol–water partition coefficient (Wildman–Crippen LogP) is 0.429. The van der Waals surface area contributed by atoms with Crippen LogP contribution in [0.2, 0.25) is 0 Å². The van der Waals surface area contributed by atoms with Crippen molar-refractivity contribution in [3.05, 3.63) is 29.6 Å². The Morgan fingerprint density at radius 3 is 2.57 bits per heavy atom. The lowest BCUT2D eigenvalue weighted by molar-refractivity contribution is 0.0687. The van der Waals surface area contributed by atoms with Crippen LogP contribution < -0.4 is 0 Å². The molecule has 1 aliphatic heterocycles. The number of sulfone groups is 1. The van der Waals surface area contributed by atoms with Crippen molar-refractivity contribution >= 4 is 21.7 Å². The average molecular weight is 312 g/mol. The zero-order chi connectivity index (χ0) is 15.6. The molecule has 1 atom stereocenters. The maximum absolute atomic E-state index is 12.4. The molecule has 0 spiro atoms. The van der Waals surface area contributed by atoms with E-state index in [-0.39, 0.29) is 28.9 Å². The molecule has 21 heavy (non-hydrogen) atoms. The highest BCUT2D eigenvalue weighted by molar-refractivity contribution is 7.91. The second-order valence-electron chi connectivity index (χ2n) is 4.86. The summed E-state index contributed by atoms with van der Waals surface area (Å²) in [6, 6.07) is 3.81. The van der Waals surface area contributed by atoms with E-state index >= 15 is 0 Å². The number of aromatic nitrogens is 1. The molecule has 1 fully saturated rings. The lowest BCUT2D eigenvalue weighted by Crippen LogP contribution is -2.41. The maximum Gasteiger partial charge on any atom is 0.354 e. The van der Waals surface area contributed by atoms with Gasteiger partial charge in [-0.2, -0.15) is 0 Å². The van der Waals surface area contributed by atoms with Gasteiger partial charge in [0.25, 0.3) is 5.91 Å². The van der Waals surface area contributed by atoms with Crippen molar-refractivity contribution in [1.29, 1.82) is 0 Å². The Labute approximate surface area is 122 Å². The van der Waals surface area contributed by atoms with Crippen LogP contribution in [0.15, 0.2) is 18.2 Å². The molecule has 1 amide bonds. The van der Waals surface area contributed by atoms with Crippen LogP contribution in [0.5, 0.6) is 0 Å². The third-order valence-electron chi connectivity index (χ3n) is 3.44. The first-order valence-electron chi connectivity index (χ1n) is 6.56. The lowest BCUT2D eigenvalue weighted by Gasteiger charge is -2.26. The number of hydrogen-bond acceptors (Lipinski definition) is 5. The van der Waals surface area contributed by atoms with Gasteiger partial charge in [-0.1, -0.05) is 6.07 Å². The molecule has 2 rings (SSSR count). The number of pyridine rings is 1. The summed E-state index contributed by atoms with van der Waals surface area (Å²) in [6.45, 7) is 2.10. The van der Waals surface area contributed by atoms with Crippen LogP contribution in [0.4, 0.5) is 0 Å². The summed E-state index contributed by atoms with van der Waals surface area (Å²) < 4.78 is 23.1. The Morgan fingerprint density at radius 1 is 1.38 bits per heavy atom. The van der Waals surface area contributed by atoms with Gasteiger partial charge >= 0.3 is 5.97 Å². The molecule has 114 valence electrons. The van der Waals surface area contributed by atoms with Gasteiger partial charge in [0.2, 0.25) is 0 Å². The standard InChI is InChI=1S/C13H16N2O5S/c1-2-15(9-6-7-21(19,20)8-9)12(16)10-4-3-5-11(14-10)13(17)18/h3-5,9H,2,6-8H2,1H3,(H,17,18). The number of amides is 1. The number of carboxylic acids is 1. The van der Waals surface area contributed by atoms with Gasteiger partial charge < -0.3 is 10.0 Å². The van der Waals surface area contributed by atoms with Gasteiger partial charge in [0, 0.05) is 12.6 Å². The van der Waals surface area contributed by atoms with Crippen LogP contribution in [0.3, 0.4) is 0 Å². The molecule has 0 aliphatic carbocycles. The lowest BCUT2D eigenvalue weighted by atomic mass is 10.2. The Morgan fingerprint density at radius 2 is 2.05 bits per heavy atom. The minimum Gasteiger partial charge on any atom is -0.477 e. The van der Waals surface area contributed by atoms with Gasteiger partial charge in [0.05, 0.1) is 11.5 Å². The molecule has 1 aromatic rings. The molecular formula is C13H16N2O5S. The number of carbonyl (C=O) groups is 2. The van der Waals surface area contributed by atoms with E-state index in [1.54, 1.807) is 6.92 Å². The number of rotatable bonds is 4. The maximum atomic E-state index is 12.4. The average Bonchev–Trinajstić information content (AvgIpc) is 2.79. The smallest absolute Gasteiger partial charge is 0.354 e. The molecule has 1 aromatic heterocycles. The van der Waals surface area contributed by atoms with Crippen molar-refractivity contribution < 1.29 is 23.1 Å². The third kappa shape index (κ3) is 3.38. The summed E-state index contributed by atoms with van der Waals surface area (Å²) in [5, 5.41) is 8.90. The summed E-state index contributed by atoms with van der Waals surface area (Å²) in [7, 11) is -3.10. The monoisotopic (exact) mass is 312 g/mol. The second kappa shape index (κ2) is 5.80. The highest BCUT2D eigenvalue weighted by Crippen LogP contribution is 2.19. The van der Waals surface area contributed by atoms with Gasteiger partial charge in [-0.05, 0) is 25.5 Å². The summed E-state index contributed by atoms with van der Waals surface area (Å²) in [4.78, 5) is 28.6. The van der Waals surface area contributed by atoms with Gasteiger partial charge in [-0.25, -0.2) is 18.2 Å². The quantitative estimate of drug-likeness (QED) is 0.864. The Kier molecular flexibility index (Phi) is 4.26. The van der Waals surface area contributed by atoms with E-state index < -0.39 is 21.7 Å². The van der Waals surface area contributed by atoms with E-state index in [1.807, 2.05) is 0 Å². The molecule has 2 heterocycles. The highest BCUT2D eigenvalue weighted by Gasteiger charge is 2.34. The molecule has 1 saturated heterocycles. The normalized spacial score (nSPS) is 20.1. The zero-order valence-corrected chi connectivity index (χ0v) is 12.3. The number of hydrogen-bond donors (Lipinski definition) is 1. The van der Waals surface area contributed by atoms with Gasteiger partial charge in [0.1, 0.15) is 11.4 Å². The van der Waals surface area contributed by atoms with Crippen molar-refractivity contribution in [3.8, 4) is 0 Å². The highest BCUT2D eigenvalue weighted by atomic mass is 32.2. The summed E-state index contributed by atoms with van der Waals surface area (Å²) in [6.07, 6.45) is 0.403. The summed E-state index contributed by atoms with van der Waals surface area (Å²) in [5.41, 5.74) is -0.197. The molecule has 0 bridgehead atoms. The third-order valence-corrected chi connectivity index (χ3v) is 5.19. The Balaban J connectivity index is 2.25. The summed E-state index contributed by atoms with van der Waals surface area (Å²) >= 11 is 0. The second-order valence-corrected chi connectivity index (χ2v) is 7.09. The van der Waals surface area contributed by atoms with Crippen LogP contribution in [0.25, 0.3) is 0 Å². The van der Waals surface area contributed by atoms with Crippen LogP contribution >= 0.6 is 0 Å². The van der Waals surface area contributed by atoms with E-state index in [0.717, 1.165) is 0 Å². The zero-order valence-electron chi connectivity index (χ0n) is 11.5. The first-order valence-corrected chi connectivity index (χ1v) is 8.38. The van der Waals surface area contributed by atoms with E-state index in [2.05, 4.69) is 4.98 Å². The van der Waals surface area contributed by atoms with Crippen LogP contribution in [-0.2, 0) is 9.84 Å². The fourth-order valence-electron chi connectivity index (χ4n) is 2.41. The van der Waals surface area contributed by atoms with Crippen molar-refractivity contribution in [2.75, 3.05) is 18.1 Å². The first-order chi connectivity index (χ1) is 9.84. The predicted molar refractivity (Wildman–Crippen MR) is 75.0 cm³/mol.